The Balaban J connectivity index is 2.39. The second-order valence-electron chi connectivity index (χ2n) is 9.79. The van der Waals surface area contributed by atoms with Crippen molar-refractivity contribution in [3.8, 4) is 0 Å². The fourth-order valence-electron chi connectivity index (χ4n) is 3.54. The largest absolute Gasteiger partial charge is 0.463 e. The Bertz CT molecular complexity index is 1010. The SMILES string of the molecule is CCOC(=O)C=CC1=CC(n2cc(Br)c(=O)[nH]c2=O)CC1C(C)(C)O[SiH2]C(C)(C)C(C)C. The molecule has 1 N–H and O–H groups in total. The van der Waals surface area contributed by atoms with E-state index in [0.717, 1.165) is 5.57 Å². The molecule has 0 saturated carbocycles. The molecule has 1 aliphatic rings. The number of allylic oxidation sites excluding steroid dienone is 2. The topological polar surface area (TPSA) is 90.4 Å². The van der Waals surface area contributed by atoms with Crippen LogP contribution in [0.15, 0.2) is 44.1 Å². The summed E-state index contributed by atoms with van der Waals surface area (Å²) in [6.07, 6.45) is 7.27. The molecule has 1 aromatic rings. The van der Waals surface area contributed by atoms with Gasteiger partial charge in [0.05, 0.1) is 22.7 Å². The van der Waals surface area contributed by atoms with E-state index in [-0.39, 0.29) is 17.0 Å². The summed E-state index contributed by atoms with van der Waals surface area (Å²) in [5.41, 5.74) is -0.500. The predicted molar refractivity (Wildman–Crippen MR) is 133 cm³/mol. The summed E-state index contributed by atoms with van der Waals surface area (Å²) in [6.45, 7) is 15.1. The van der Waals surface area contributed by atoms with Crippen molar-refractivity contribution in [1.29, 1.82) is 0 Å². The van der Waals surface area contributed by atoms with E-state index in [9.17, 15) is 14.4 Å². The van der Waals surface area contributed by atoms with Crippen molar-refractivity contribution < 1.29 is 14.0 Å². The number of rotatable bonds is 9. The Hall–Kier alpha value is -1.71. The average molecular weight is 528 g/mol. The molecule has 0 amide bonds. The van der Waals surface area contributed by atoms with E-state index in [1.165, 1.54) is 16.8 Å². The highest BCUT2D eigenvalue weighted by molar-refractivity contribution is 9.10. The molecular formula is C23H35BrN2O5Si. The molecule has 0 aromatic carbocycles. The summed E-state index contributed by atoms with van der Waals surface area (Å²) in [5, 5.41) is 0.140. The average Bonchev–Trinajstić information content (AvgIpc) is 3.13. The minimum atomic E-state index is -0.872. The Kier molecular flexibility index (Phi) is 8.69. The van der Waals surface area contributed by atoms with Gasteiger partial charge >= 0.3 is 11.7 Å². The summed E-state index contributed by atoms with van der Waals surface area (Å²) in [6, 6.07) is -0.273. The molecule has 0 aliphatic heterocycles. The van der Waals surface area contributed by atoms with Gasteiger partial charge in [0.15, 0.2) is 9.76 Å². The molecule has 0 bridgehead atoms. The molecule has 0 saturated heterocycles. The predicted octanol–water partition coefficient (Wildman–Crippen LogP) is 3.64. The van der Waals surface area contributed by atoms with Crippen molar-refractivity contribution in [2.75, 3.05) is 6.61 Å². The lowest BCUT2D eigenvalue weighted by atomic mass is 9.85. The van der Waals surface area contributed by atoms with Crippen LogP contribution in [0.3, 0.4) is 0 Å². The number of hydrogen-bond acceptors (Lipinski definition) is 5. The van der Waals surface area contributed by atoms with Gasteiger partial charge in [-0.2, -0.15) is 0 Å². The summed E-state index contributed by atoms with van der Waals surface area (Å²) in [7, 11) is -0.872. The monoisotopic (exact) mass is 526 g/mol. The Morgan fingerprint density at radius 2 is 2.00 bits per heavy atom. The van der Waals surface area contributed by atoms with E-state index < -0.39 is 32.6 Å². The Morgan fingerprint density at radius 3 is 2.59 bits per heavy atom. The number of ether oxygens (including phenoxy) is 1. The van der Waals surface area contributed by atoms with E-state index in [1.54, 1.807) is 13.0 Å². The standard InChI is InChI=1S/C23H35BrN2O5Si/c1-8-30-19(27)10-9-15-11-16(26-13-18(24)20(28)25-21(26)29)12-17(15)22(4,5)31-32-23(6,7)14(2)3/h9-11,13-14,16-17H,8,12,32H2,1-7H3,(H,25,28,29). The van der Waals surface area contributed by atoms with Gasteiger partial charge in [0.1, 0.15) is 0 Å². The van der Waals surface area contributed by atoms with Crippen LogP contribution in [0.25, 0.3) is 0 Å². The molecule has 1 heterocycles. The molecule has 0 radical (unpaired) electrons. The van der Waals surface area contributed by atoms with Gasteiger partial charge in [-0.05, 0) is 59.7 Å². The maximum absolute atomic E-state index is 12.5. The number of carbonyl (C=O) groups is 1. The minimum absolute atomic E-state index is 0.0359. The molecule has 178 valence electrons. The van der Waals surface area contributed by atoms with Gasteiger partial charge in [-0.25, -0.2) is 9.59 Å². The lowest BCUT2D eigenvalue weighted by Gasteiger charge is -2.38. The van der Waals surface area contributed by atoms with Gasteiger partial charge in [0, 0.05) is 18.2 Å². The number of hydrogen-bond donors (Lipinski definition) is 1. The van der Waals surface area contributed by atoms with Crippen molar-refractivity contribution in [2.45, 2.75) is 71.6 Å². The van der Waals surface area contributed by atoms with Crippen molar-refractivity contribution in [2.24, 2.45) is 11.8 Å². The quantitative estimate of drug-likeness (QED) is 0.301. The van der Waals surface area contributed by atoms with E-state index >= 15 is 0 Å². The normalized spacial score (nSPS) is 20.0. The van der Waals surface area contributed by atoms with Crippen LogP contribution in [-0.4, -0.2) is 37.5 Å². The molecule has 0 fully saturated rings. The second kappa shape index (κ2) is 10.5. The fraction of sp³-hybridized carbons (Fsp3) is 0.609. The Morgan fingerprint density at radius 1 is 1.34 bits per heavy atom. The first-order chi connectivity index (χ1) is 14.8. The van der Waals surface area contributed by atoms with Crippen LogP contribution >= 0.6 is 15.9 Å². The third-order valence-corrected chi connectivity index (χ3v) is 9.48. The summed E-state index contributed by atoms with van der Waals surface area (Å²) in [5.74, 6) is 0.0666. The van der Waals surface area contributed by atoms with E-state index in [2.05, 4.69) is 62.5 Å². The van der Waals surface area contributed by atoms with Crippen LogP contribution in [0.5, 0.6) is 0 Å². The van der Waals surface area contributed by atoms with Gasteiger partial charge in [-0.3, -0.25) is 14.3 Å². The zero-order valence-corrected chi connectivity index (χ0v) is 23.0. The van der Waals surface area contributed by atoms with Gasteiger partial charge in [-0.1, -0.05) is 39.8 Å². The van der Waals surface area contributed by atoms with Crippen LogP contribution < -0.4 is 11.2 Å². The molecule has 2 atom stereocenters. The number of nitrogens with one attached hydrogen (secondary N) is 1. The first-order valence-corrected chi connectivity index (χ1v) is 13.1. The maximum atomic E-state index is 12.5. The number of carbonyl (C=O) groups excluding carboxylic acids is 1. The van der Waals surface area contributed by atoms with Crippen molar-refractivity contribution >= 4 is 31.7 Å². The van der Waals surface area contributed by atoms with E-state index in [1.807, 2.05) is 6.08 Å². The smallest absolute Gasteiger partial charge is 0.330 e. The van der Waals surface area contributed by atoms with Crippen LogP contribution in [0.2, 0.25) is 5.04 Å². The van der Waals surface area contributed by atoms with Gasteiger partial charge in [0.25, 0.3) is 5.56 Å². The zero-order chi connectivity index (χ0) is 24.3. The molecule has 1 aromatic heterocycles. The molecule has 2 rings (SSSR count). The molecule has 2 unspecified atom stereocenters. The molecule has 1 aliphatic carbocycles. The summed E-state index contributed by atoms with van der Waals surface area (Å²) < 4.78 is 13.4. The zero-order valence-electron chi connectivity index (χ0n) is 20.0. The highest BCUT2D eigenvalue weighted by atomic mass is 79.9. The van der Waals surface area contributed by atoms with Crippen molar-refractivity contribution in [3.63, 3.8) is 0 Å². The summed E-state index contributed by atoms with van der Waals surface area (Å²) in [4.78, 5) is 38.5. The summed E-state index contributed by atoms with van der Waals surface area (Å²) >= 11 is 3.21. The molecular weight excluding hydrogens is 492 g/mol. The highest BCUT2D eigenvalue weighted by Gasteiger charge is 2.40. The van der Waals surface area contributed by atoms with Gasteiger partial charge in [0.2, 0.25) is 0 Å². The van der Waals surface area contributed by atoms with Crippen LogP contribution in [-0.2, 0) is 14.0 Å². The van der Waals surface area contributed by atoms with Gasteiger partial charge < -0.3 is 9.16 Å². The van der Waals surface area contributed by atoms with Crippen LogP contribution in [0.1, 0.15) is 60.9 Å². The molecule has 32 heavy (non-hydrogen) atoms. The van der Waals surface area contributed by atoms with Gasteiger partial charge in [-0.15, -0.1) is 0 Å². The minimum Gasteiger partial charge on any atom is -0.463 e. The van der Waals surface area contributed by atoms with E-state index in [4.69, 9.17) is 9.16 Å². The number of nitrogens with zero attached hydrogens (tertiary/aromatic N) is 1. The van der Waals surface area contributed by atoms with Crippen LogP contribution in [0.4, 0.5) is 0 Å². The van der Waals surface area contributed by atoms with E-state index in [0.29, 0.717) is 23.4 Å². The van der Waals surface area contributed by atoms with Crippen molar-refractivity contribution in [3.05, 3.63) is 55.3 Å². The second-order valence-corrected chi connectivity index (χ2v) is 13.0. The number of aromatic amines is 1. The van der Waals surface area contributed by atoms with Crippen molar-refractivity contribution in [1.82, 2.24) is 9.55 Å². The Labute approximate surface area is 200 Å². The molecule has 7 nitrogen and oxygen atoms in total. The fourth-order valence-corrected chi connectivity index (χ4v) is 5.13. The third kappa shape index (κ3) is 6.42. The number of esters is 1. The van der Waals surface area contributed by atoms with Crippen LogP contribution in [0, 0.1) is 11.8 Å². The third-order valence-electron chi connectivity index (χ3n) is 6.46. The lowest BCUT2D eigenvalue weighted by Crippen LogP contribution is -2.39. The molecule has 9 heteroatoms. The maximum Gasteiger partial charge on any atom is 0.330 e. The highest BCUT2D eigenvalue weighted by Crippen LogP contribution is 2.43. The molecule has 0 spiro atoms. The first kappa shape index (κ1) is 26.5. The number of H-pyrrole nitrogens is 1. The number of aromatic nitrogens is 2. The first-order valence-electron chi connectivity index (χ1n) is 11.0. The number of halogens is 1. The lowest BCUT2D eigenvalue weighted by molar-refractivity contribution is -0.137.